The minimum Gasteiger partial charge on any atom is -0.462 e. The molecule has 0 heterocycles. The molecule has 0 aromatic rings. The van der Waals surface area contributed by atoms with E-state index in [-0.39, 0.29) is 31.6 Å². The van der Waals surface area contributed by atoms with Crippen molar-refractivity contribution in [3.05, 3.63) is 97.2 Å². The van der Waals surface area contributed by atoms with Crippen LogP contribution < -0.4 is 0 Å². The van der Waals surface area contributed by atoms with Crippen LogP contribution in [0.25, 0.3) is 0 Å². The molecule has 76 heavy (non-hydrogen) atoms. The highest BCUT2D eigenvalue weighted by Gasteiger charge is 2.19. The van der Waals surface area contributed by atoms with E-state index < -0.39 is 12.1 Å². The van der Waals surface area contributed by atoms with Crippen LogP contribution in [0.5, 0.6) is 0 Å². The number of unbranched alkanes of at least 4 members (excludes halogenated alkanes) is 32. The summed E-state index contributed by atoms with van der Waals surface area (Å²) in [6.07, 6.45) is 86.0. The summed E-state index contributed by atoms with van der Waals surface area (Å²) < 4.78 is 16.8. The Bertz CT molecular complexity index is 1490. The minimum atomic E-state index is -0.838. The van der Waals surface area contributed by atoms with Gasteiger partial charge in [-0.05, 0) is 96.3 Å². The van der Waals surface area contributed by atoms with Crippen LogP contribution >= 0.6 is 0 Å². The van der Waals surface area contributed by atoms with Crippen LogP contribution in [0.15, 0.2) is 97.2 Å². The largest absolute Gasteiger partial charge is 0.462 e. The lowest BCUT2D eigenvalue weighted by Gasteiger charge is -2.18. The molecule has 0 aliphatic heterocycles. The molecule has 0 rings (SSSR count). The fourth-order valence-corrected chi connectivity index (χ4v) is 9.00. The zero-order chi connectivity index (χ0) is 55.0. The highest BCUT2D eigenvalue weighted by Crippen LogP contribution is 2.16. The number of carbonyl (C=O) groups excluding carboxylic acids is 3. The van der Waals surface area contributed by atoms with Crippen molar-refractivity contribution < 1.29 is 28.6 Å². The van der Waals surface area contributed by atoms with Crippen LogP contribution in [0.2, 0.25) is 0 Å². The van der Waals surface area contributed by atoms with Gasteiger partial charge in [0.05, 0.1) is 6.42 Å². The molecule has 0 saturated heterocycles. The topological polar surface area (TPSA) is 78.9 Å². The van der Waals surface area contributed by atoms with Crippen molar-refractivity contribution in [2.45, 2.75) is 316 Å². The third kappa shape index (κ3) is 61.2. The van der Waals surface area contributed by atoms with Crippen molar-refractivity contribution in [2.24, 2.45) is 0 Å². The first-order chi connectivity index (χ1) is 37.5. The van der Waals surface area contributed by atoms with E-state index in [0.717, 1.165) is 96.3 Å². The van der Waals surface area contributed by atoms with E-state index in [0.29, 0.717) is 12.8 Å². The summed E-state index contributed by atoms with van der Waals surface area (Å²) in [5, 5.41) is 0. The monoisotopic (exact) mass is 1060 g/mol. The van der Waals surface area contributed by atoms with Gasteiger partial charge in [-0.25, -0.2) is 0 Å². The third-order valence-corrected chi connectivity index (χ3v) is 13.8. The standard InChI is InChI=1S/C70H120O6/c1-4-7-10-13-16-19-22-25-28-29-30-31-32-33-34-35-36-37-38-39-40-41-43-45-48-51-54-57-60-63-69(72)75-66-67(65-74-68(71)62-59-56-53-50-47-44-27-24-21-18-15-12-9-6-3)76-70(73)64-61-58-55-52-49-46-42-26-23-20-17-14-11-8-5-2/h8,11,15,17-18,20,24,26-27,29-30,42,49,52,58,61,67H,4-7,9-10,12-14,16,19,21-23,25,28,31-41,43-48,50-51,53-57,59-60,62-66H2,1-3H3/b11-8-,18-15-,20-17-,27-24-,30-29-,42-26-,52-49-,61-58-. The molecule has 0 aromatic heterocycles. The summed E-state index contributed by atoms with van der Waals surface area (Å²) in [7, 11) is 0. The van der Waals surface area contributed by atoms with Crippen LogP contribution in [0.1, 0.15) is 310 Å². The fraction of sp³-hybridized carbons (Fsp3) is 0.729. The molecule has 6 nitrogen and oxygen atoms in total. The van der Waals surface area contributed by atoms with Gasteiger partial charge >= 0.3 is 17.9 Å². The van der Waals surface area contributed by atoms with Crippen LogP contribution in [0, 0.1) is 0 Å². The number of carbonyl (C=O) groups is 3. The predicted molar refractivity (Wildman–Crippen MR) is 330 cm³/mol. The molecule has 0 amide bonds. The van der Waals surface area contributed by atoms with E-state index in [1.807, 2.05) is 6.08 Å². The summed E-state index contributed by atoms with van der Waals surface area (Å²) in [4.78, 5) is 38.2. The van der Waals surface area contributed by atoms with Gasteiger partial charge in [-0.1, -0.05) is 291 Å². The molecule has 6 heteroatoms. The second-order valence-corrected chi connectivity index (χ2v) is 21.3. The number of hydrogen-bond donors (Lipinski definition) is 0. The second kappa shape index (κ2) is 63.9. The van der Waals surface area contributed by atoms with Crippen LogP contribution in [-0.2, 0) is 28.6 Å². The van der Waals surface area contributed by atoms with Gasteiger partial charge in [0.15, 0.2) is 6.10 Å². The van der Waals surface area contributed by atoms with Gasteiger partial charge in [0.2, 0.25) is 0 Å². The maximum absolute atomic E-state index is 12.8. The molecule has 0 spiro atoms. The second-order valence-electron chi connectivity index (χ2n) is 21.3. The van der Waals surface area contributed by atoms with Gasteiger partial charge in [-0.2, -0.15) is 0 Å². The van der Waals surface area contributed by atoms with Crippen molar-refractivity contribution in [1.82, 2.24) is 0 Å². The Morgan fingerprint density at radius 2 is 0.566 bits per heavy atom. The number of allylic oxidation sites excluding steroid dienone is 15. The Kier molecular flexibility index (Phi) is 60.8. The minimum absolute atomic E-state index is 0.0934. The van der Waals surface area contributed by atoms with E-state index in [9.17, 15) is 14.4 Å². The van der Waals surface area contributed by atoms with E-state index in [1.165, 1.54) is 173 Å². The molecular formula is C70H120O6. The molecule has 0 fully saturated rings. The molecule has 0 aromatic carbocycles. The van der Waals surface area contributed by atoms with Crippen LogP contribution in [-0.4, -0.2) is 37.2 Å². The SMILES string of the molecule is CC/C=C\C/C=C\C/C=C\C/C=C\C/C=C\CC(=O)OC(COC(=O)CCCCCCC/C=C\C/C=C\CCCC)COC(=O)CCCCCCCCCCCCCCCCCCC/C=C\CCCCCCCCCC. The highest BCUT2D eigenvalue weighted by atomic mass is 16.6. The molecule has 1 unspecified atom stereocenters. The lowest BCUT2D eigenvalue weighted by atomic mass is 10.0. The Labute approximate surface area is 470 Å². The molecule has 0 radical (unpaired) electrons. The zero-order valence-corrected chi connectivity index (χ0v) is 50.0. The lowest BCUT2D eigenvalue weighted by molar-refractivity contribution is -0.166. The van der Waals surface area contributed by atoms with Gasteiger partial charge in [-0.15, -0.1) is 0 Å². The first kappa shape index (κ1) is 72.3. The number of rotatable bonds is 58. The molecule has 0 saturated carbocycles. The van der Waals surface area contributed by atoms with Gasteiger partial charge in [0.1, 0.15) is 13.2 Å². The summed E-state index contributed by atoms with van der Waals surface area (Å²) >= 11 is 0. The summed E-state index contributed by atoms with van der Waals surface area (Å²) in [6.45, 7) is 6.41. The van der Waals surface area contributed by atoms with Crippen LogP contribution in [0.3, 0.4) is 0 Å². The Morgan fingerprint density at radius 3 is 0.921 bits per heavy atom. The molecule has 436 valence electrons. The lowest BCUT2D eigenvalue weighted by Crippen LogP contribution is -2.30. The molecule has 0 aliphatic rings. The highest BCUT2D eigenvalue weighted by molar-refractivity contribution is 5.72. The Balaban J connectivity index is 4.27. The van der Waals surface area contributed by atoms with Crippen molar-refractivity contribution in [2.75, 3.05) is 13.2 Å². The zero-order valence-electron chi connectivity index (χ0n) is 50.0. The Morgan fingerprint density at radius 1 is 0.289 bits per heavy atom. The molecule has 1 atom stereocenters. The smallest absolute Gasteiger partial charge is 0.310 e. The van der Waals surface area contributed by atoms with Crippen molar-refractivity contribution in [3.8, 4) is 0 Å². The van der Waals surface area contributed by atoms with Gasteiger partial charge < -0.3 is 14.2 Å². The first-order valence-electron chi connectivity index (χ1n) is 32.2. The molecule has 0 bridgehead atoms. The van der Waals surface area contributed by atoms with Crippen molar-refractivity contribution in [3.63, 3.8) is 0 Å². The normalized spacial score (nSPS) is 12.7. The molecule has 0 N–H and O–H groups in total. The quantitative estimate of drug-likeness (QED) is 0.0261. The van der Waals surface area contributed by atoms with Gasteiger partial charge in [-0.3, -0.25) is 14.4 Å². The van der Waals surface area contributed by atoms with Crippen LogP contribution in [0.4, 0.5) is 0 Å². The van der Waals surface area contributed by atoms with E-state index >= 15 is 0 Å². The van der Waals surface area contributed by atoms with E-state index in [4.69, 9.17) is 14.2 Å². The first-order valence-corrected chi connectivity index (χ1v) is 32.2. The maximum atomic E-state index is 12.8. The fourth-order valence-electron chi connectivity index (χ4n) is 9.00. The molecule has 0 aliphatic carbocycles. The average Bonchev–Trinajstić information content (AvgIpc) is 3.42. The number of ether oxygens (including phenoxy) is 3. The van der Waals surface area contributed by atoms with Crippen molar-refractivity contribution in [1.29, 1.82) is 0 Å². The number of hydrogen-bond acceptors (Lipinski definition) is 6. The van der Waals surface area contributed by atoms with Gasteiger partial charge in [0, 0.05) is 12.8 Å². The summed E-state index contributed by atoms with van der Waals surface area (Å²) in [5.74, 6) is -1.06. The Hall–Kier alpha value is -3.67. The van der Waals surface area contributed by atoms with E-state index in [1.54, 1.807) is 6.08 Å². The third-order valence-electron chi connectivity index (χ3n) is 13.8. The summed E-state index contributed by atoms with van der Waals surface area (Å²) in [6, 6.07) is 0. The van der Waals surface area contributed by atoms with E-state index in [2.05, 4.69) is 106 Å². The predicted octanol–water partition coefficient (Wildman–Crippen LogP) is 22.0. The maximum Gasteiger partial charge on any atom is 0.310 e. The number of esters is 3. The summed E-state index contributed by atoms with van der Waals surface area (Å²) in [5.41, 5.74) is 0. The van der Waals surface area contributed by atoms with Crippen molar-refractivity contribution >= 4 is 17.9 Å². The average molecular weight is 1060 g/mol. The van der Waals surface area contributed by atoms with Gasteiger partial charge in [0.25, 0.3) is 0 Å². The molecular weight excluding hydrogens is 937 g/mol.